The molecule has 0 saturated carbocycles. The van der Waals surface area contributed by atoms with Gasteiger partial charge in [-0.25, -0.2) is 0 Å². The lowest BCUT2D eigenvalue weighted by atomic mass is 10.1. The minimum absolute atomic E-state index is 0.0831. The van der Waals surface area contributed by atoms with E-state index in [4.69, 9.17) is 9.47 Å². The van der Waals surface area contributed by atoms with Crippen LogP contribution in [0, 0.1) is 0 Å². The summed E-state index contributed by atoms with van der Waals surface area (Å²) in [5, 5.41) is 6.08. The Balaban J connectivity index is 1.73. The van der Waals surface area contributed by atoms with E-state index in [0.717, 1.165) is 31.7 Å². The van der Waals surface area contributed by atoms with Gasteiger partial charge in [-0.05, 0) is 31.5 Å². The molecule has 0 unspecified atom stereocenters. The second-order valence-corrected chi connectivity index (χ2v) is 4.58. The summed E-state index contributed by atoms with van der Waals surface area (Å²) >= 11 is 0. The summed E-state index contributed by atoms with van der Waals surface area (Å²) in [7, 11) is 0. The summed E-state index contributed by atoms with van der Waals surface area (Å²) in [6.07, 6.45) is 2.40. The molecule has 1 saturated heterocycles. The van der Waals surface area contributed by atoms with E-state index in [-0.39, 0.29) is 18.6 Å². The number of rotatable bonds is 2. The van der Waals surface area contributed by atoms with Crippen LogP contribution in [-0.4, -0.2) is 31.7 Å². The lowest BCUT2D eigenvalue weighted by Crippen LogP contribution is -2.37. The molecule has 0 radical (unpaired) electrons. The number of hydrogen-bond donors (Lipinski definition) is 2. The number of fused-ring (bicyclic) bond motifs is 1. The Hall–Kier alpha value is -1.75. The van der Waals surface area contributed by atoms with Crippen molar-refractivity contribution in [3.05, 3.63) is 18.2 Å². The van der Waals surface area contributed by atoms with E-state index in [1.54, 1.807) is 0 Å². The van der Waals surface area contributed by atoms with Crippen molar-refractivity contribution in [3.8, 4) is 11.5 Å². The predicted molar refractivity (Wildman–Crippen MR) is 67.1 cm³/mol. The van der Waals surface area contributed by atoms with Crippen molar-refractivity contribution in [1.82, 2.24) is 5.32 Å². The average Bonchev–Trinajstić information content (AvgIpc) is 2.39. The van der Waals surface area contributed by atoms with E-state index >= 15 is 0 Å². The first kappa shape index (κ1) is 11.3. The number of nitrogens with one attached hydrogen (secondary N) is 2. The van der Waals surface area contributed by atoms with Crippen LogP contribution < -0.4 is 20.1 Å². The van der Waals surface area contributed by atoms with Crippen molar-refractivity contribution < 1.29 is 14.3 Å². The van der Waals surface area contributed by atoms with Crippen molar-refractivity contribution in [2.24, 2.45) is 0 Å². The molecule has 1 aromatic rings. The minimum Gasteiger partial charge on any atom is -0.489 e. The van der Waals surface area contributed by atoms with Crippen LogP contribution in [0.25, 0.3) is 0 Å². The van der Waals surface area contributed by atoms with Crippen molar-refractivity contribution in [1.29, 1.82) is 0 Å². The van der Waals surface area contributed by atoms with Gasteiger partial charge in [0.2, 0.25) is 0 Å². The van der Waals surface area contributed by atoms with Gasteiger partial charge >= 0.3 is 0 Å². The minimum atomic E-state index is -0.126. The van der Waals surface area contributed by atoms with Crippen LogP contribution >= 0.6 is 0 Å². The maximum atomic E-state index is 11.2. The molecule has 0 spiro atoms. The molecular weight excluding hydrogens is 232 g/mol. The maximum absolute atomic E-state index is 11.2. The zero-order valence-electron chi connectivity index (χ0n) is 10.1. The number of benzene rings is 1. The lowest BCUT2D eigenvalue weighted by molar-refractivity contribution is -0.118. The van der Waals surface area contributed by atoms with Gasteiger partial charge in [-0.1, -0.05) is 0 Å². The molecule has 1 aromatic carbocycles. The number of ether oxygens (including phenoxy) is 2. The van der Waals surface area contributed by atoms with Gasteiger partial charge in [-0.2, -0.15) is 0 Å². The molecule has 96 valence electrons. The SMILES string of the molecule is O=C1COc2ccc(O[C@@H]3CCCNC3)cc2N1. The van der Waals surface area contributed by atoms with Crippen molar-refractivity contribution in [2.45, 2.75) is 18.9 Å². The van der Waals surface area contributed by atoms with Crippen LogP contribution in [0.5, 0.6) is 11.5 Å². The van der Waals surface area contributed by atoms with E-state index in [1.807, 2.05) is 18.2 Å². The molecule has 5 nitrogen and oxygen atoms in total. The molecule has 2 aliphatic rings. The first-order valence-corrected chi connectivity index (χ1v) is 6.25. The quantitative estimate of drug-likeness (QED) is 0.824. The Labute approximate surface area is 105 Å². The van der Waals surface area contributed by atoms with Crippen LogP contribution in [0.3, 0.4) is 0 Å². The molecule has 18 heavy (non-hydrogen) atoms. The standard InChI is InChI=1S/C13H16N2O3/c16-13-8-17-12-4-3-9(6-11(12)15-13)18-10-2-1-5-14-7-10/h3-4,6,10,14H,1-2,5,7-8H2,(H,15,16)/t10-/m1/s1. The molecule has 0 aromatic heterocycles. The number of amides is 1. The summed E-state index contributed by atoms with van der Waals surface area (Å²) in [4.78, 5) is 11.2. The largest absolute Gasteiger partial charge is 0.489 e. The number of hydrogen-bond acceptors (Lipinski definition) is 4. The van der Waals surface area contributed by atoms with Crippen molar-refractivity contribution in [3.63, 3.8) is 0 Å². The fraction of sp³-hybridized carbons (Fsp3) is 0.462. The first-order valence-electron chi connectivity index (χ1n) is 6.25. The molecule has 1 amide bonds. The molecule has 0 bridgehead atoms. The normalized spacial score (nSPS) is 22.7. The van der Waals surface area contributed by atoms with Gasteiger partial charge in [0.05, 0.1) is 5.69 Å². The first-order chi connectivity index (χ1) is 8.81. The Morgan fingerprint density at radius 2 is 2.33 bits per heavy atom. The molecule has 2 aliphatic heterocycles. The topological polar surface area (TPSA) is 59.6 Å². The van der Waals surface area contributed by atoms with E-state index in [0.29, 0.717) is 11.4 Å². The molecule has 0 aliphatic carbocycles. The van der Waals surface area contributed by atoms with Gasteiger partial charge in [0.15, 0.2) is 6.61 Å². The van der Waals surface area contributed by atoms with Crippen LogP contribution in [0.15, 0.2) is 18.2 Å². The number of carbonyl (C=O) groups excluding carboxylic acids is 1. The molecule has 2 N–H and O–H groups in total. The highest BCUT2D eigenvalue weighted by Crippen LogP contribution is 2.32. The van der Waals surface area contributed by atoms with E-state index < -0.39 is 0 Å². The Morgan fingerprint density at radius 3 is 3.17 bits per heavy atom. The molecule has 3 rings (SSSR count). The third kappa shape index (κ3) is 2.41. The molecule has 5 heteroatoms. The zero-order chi connectivity index (χ0) is 12.4. The second-order valence-electron chi connectivity index (χ2n) is 4.58. The lowest BCUT2D eigenvalue weighted by Gasteiger charge is -2.25. The predicted octanol–water partition coefficient (Wildman–Crippen LogP) is 1.15. The van der Waals surface area contributed by atoms with Gasteiger partial charge in [0.1, 0.15) is 17.6 Å². The summed E-state index contributed by atoms with van der Waals surface area (Å²) in [5.41, 5.74) is 0.688. The molecule has 1 fully saturated rings. The van der Waals surface area contributed by atoms with Crippen LogP contribution in [0.1, 0.15) is 12.8 Å². The Morgan fingerprint density at radius 1 is 1.39 bits per heavy atom. The number of piperidine rings is 1. The van der Waals surface area contributed by atoms with Gasteiger partial charge < -0.3 is 20.1 Å². The smallest absolute Gasteiger partial charge is 0.262 e. The van der Waals surface area contributed by atoms with Gasteiger partial charge in [0.25, 0.3) is 5.91 Å². The monoisotopic (exact) mass is 248 g/mol. The van der Waals surface area contributed by atoms with Gasteiger partial charge in [0, 0.05) is 12.6 Å². The second kappa shape index (κ2) is 4.86. The fourth-order valence-electron chi connectivity index (χ4n) is 2.25. The highest BCUT2D eigenvalue weighted by Gasteiger charge is 2.18. The third-order valence-electron chi connectivity index (χ3n) is 3.14. The summed E-state index contributed by atoms with van der Waals surface area (Å²) in [6, 6.07) is 5.53. The van der Waals surface area contributed by atoms with Crippen LogP contribution in [0.2, 0.25) is 0 Å². The summed E-state index contributed by atoms with van der Waals surface area (Å²) in [6.45, 7) is 2.02. The van der Waals surface area contributed by atoms with E-state index in [1.165, 1.54) is 0 Å². The van der Waals surface area contributed by atoms with E-state index in [9.17, 15) is 4.79 Å². The van der Waals surface area contributed by atoms with Crippen molar-refractivity contribution >= 4 is 11.6 Å². The molecule has 2 heterocycles. The summed E-state index contributed by atoms with van der Waals surface area (Å²) in [5.74, 6) is 1.34. The molecule has 1 atom stereocenters. The van der Waals surface area contributed by atoms with Crippen LogP contribution in [-0.2, 0) is 4.79 Å². The average molecular weight is 248 g/mol. The van der Waals surface area contributed by atoms with Crippen molar-refractivity contribution in [2.75, 3.05) is 25.0 Å². The Bertz CT molecular complexity index is 456. The van der Waals surface area contributed by atoms with Gasteiger partial charge in [-0.3, -0.25) is 4.79 Å². The Kier molecular flexibility index (Phi) is 3.06. The third-order valence-corrected chi connectivity index (χ3v) is 3.14. The highest BCUT2D eigenvalue weighted by molar-refractivity contribution is 5.95. The molecular formula is C13H16N2O3. The van der Waals surface area contributed by atoms with Gasteiger partial charge in [-0.15, -0.1) is 0 Å². The van der Waals surface area contributed by atoms with E-state index in [2.05, 4.69) is 10.6 Å². The zero-order valence-corrected chi connectivity index (χ0v) is 10.1. The number of anilines is 1. The highest BCUT2D eigenvalue weighted by atomic mass is 16.5. The number of carbonyl (C=O) groups is 1. The fourth-order valence-corrected chi connectivity index (χ4v) is 2.25. The van der Waals surface area contributed by atoms with Crippen LogP contribution in [0.4, 0.5) is 5.69 Å². The summed E-state index contributed by atoms with van der Waals surface area (Å²) < 4.78 is 11.2. The maximum Gasteiger partial charge on any atom is 0.262 e.